The first-order valence-electron chi connectivity index (χ1n) is 6.60. The minimum atomic E-state index is -0.190. The first kappa shape index (κ1) is 15.5. The number of aliphatic hydroxyl groups excluding tert-OH is 1. The number of hydrogen-bond acceptors (Lipinski definition) is 3. The van der Waals surface area contributed by atoms with Crippen molar-refractivity contribution in [2.45, 2.75) is 26.3 Å². The fraction of sp³-hybridized carbons (Fsp3) is 0.500. The zero-order valence-electron chi connectivity index (χ0n) is 11.6. The average molecular weight is 265 g/mol. The molecule has 1 aromatic rings. The predicted molar refractivity (Wildman–Crippen MR) is 77.0 cm³/mol. The number of amides is 2. The van der Waals surface area contributed by atoms with Crippen LogP contribution in [0.3, 0.4) is 0 Å². The lowest BCUT2D eigenvalue weighted by Gasteiger charge is -2.21. The Hall–Kier alpha value is -1.59. The largest absolute Gasteiger partial charge is 0.395 e. The van der Waals surface area contributed by atoms with Crippen LogP contribution in [0.4, 0.5) is 10.5 Å². The smallest absolute Gasteiger partial charge is 0.321 e. The Balaban J connectivity index is 2.64. The normalized spacial score (nSPS) is 12.0. The van der Waals surface area contributed by atoms with Crippen LogP contribution in [0.15, 0.2) is 24.3 Å². The molecule has 0 aromatic heterocycles. The highest BCUT2D eigenvalue weighted by molar-refractivity contribution is 5.89. The molecule has 1 rings (SSSR count). The van der Waals surface area contributed by atoms with Gasteiger partial charge in [-0.05, 0) is 31.0 Å². The highest BCUT2D eigenvalue weighted by Crippen LogP contribution is 2.14. The molecule has 0 aliphatic rings. The maximum Gasteiger partial charge on any atom is 0.321 e. The number of benzene rings is 1. The zero-order valence-corrected chi connectivity index (χ0v) is 11.6. The molecule has 0 saturated carbocycles. The Bertz CT molecular complexity index is 384. The van der Waals surface area contributed by atoms with Crippen LogP contribution in [-0.2, 0) is 0 Å². The number of carbonyl (C=O) groups is 1. The van der Waals surface area contributed by atoms with Gasteiger partial charge in [0.25, 0.3) is 0 Å². The van der Waals surface area contributed by atoms with Gasteiger partial charge in [0.1, 0.15) is 0 Å². The number of nitrogens with two attached hydrogens (primary N) is 1. The number of urea groups is 1. The van der Waals surface area contributed by atoms with Crippen LogP contribution in [0.1, 0.15) is 31.9 Å². The quantitative estimate of drug-likeness (QED) is 0.735. The van der Waals surface area contributed by atoms with E-state index in [1.165, 1.54) is 0 Å². The number of rotatable bonds is 6. The molecule has 5 nitrogen and oxygen atoms in total. The molecule has 0 aliphatic heterocycles. The van der Waals surface area contributed by atoms with Crippen LogP contribution >= 0.6 is 0 Å². The van der Waals surface area contributed by atoms with Crippen molar-refractivity contribution in [3.05, 3.63) is 29.8 Å². The SMILES string of the molecule is CCCN(CCO)C(=O)Nc1ccc(C(C)N)cc1. The second kappa shape index (κ2) is 7.76. The Morgan fingerprint density at radius 1 is 1.37 bits per heavy atom. The van der Waals surface area contributed by atoms with Crippen molar-refractivity contribution in [2.24, 2.45) is 5.73 Å². The highest BCUT2D eigenvalue weighted by Gasteiger charge is 2.11. The van der Waals surface area contributed by atoms with Crippen LogP contribution < -0.4 is 11.1 Å². The van der Waals surface area contributed by atoms with Crippen molar-refractivity contribution in [1.29, 1.82) is 0 Å². The van der Waals surface area contributed by atoms with Crippen molar-refractivity contribution in [2.75, 3.05) is 25.0 Å². The maximum absolute atomic E-state index is 12.0. The average Bonchev–Trinajstić information content (AvgIpc) is 2.39. The summed E-state index contributed by atoms with van der Waals surface area (Å²) in [4.78, 5) is 13.6. The van der Waals surface area contributed by atoms with Crippen molar-refractivity contribution in [3.63, 3.8) is 0 Å². The molecular weight excluding hydrogens is 242 g/mol. The molecular formula is C14H23N3O2. The van der Waals surface area contributed by atoms with Crippen molar-refractivity contribution in [1.82, 2.24) is 4.90 Å². The molecule has 1 aromatic carbocycles. The number of anilines is 1. The maximum atomic E-state index is 12.0. The minimum Gasteiger partial charge on any atom is -0.395 e. The molecule has 1 atom stereocenters. The number of nitrogens with zero attached hydrogens (tertiary/aromatic N) is 1. The van der Waals surface area contributed by atoms with Gasteiger partial charge in [0.15, 0.2) is 0 Å². The van der Waals surface area contributed by atoms with Crippen molar-refractivity contribution >= 4 is 11.7 Å². The fourth-order valence-corrected chi connectivity index (χ4v) is 1.78. The molecule has 0 bridgehead atoms. The van der Waals surface area contributed by atoms with Crippen LogP contribution in [0.5, 0.6) is 0 Å². The topological polar surface area (TPSA) is 78.6 Å². The van der Waals surface area contributed by atoms with E-state index in [0.717, 1.165) is 17.7 Å². The van der Waals surface area contributed by atoms with Crippen LogP contribution in [-0.4, -0.2) is 35.7 Å². The van der Waals surface area contributed by atoms with E-state index in [9.17, 15) is 4.79 Å². The summed E-state index contributed by atoms with van der Waals surface area (Å²) >= 11 is 0. The Labute approximate surface area is 114 Å². The molecule has 1 unspecified atom stereocenters. The second-order valence-electron chi connectivity index (χ2n) is 4.55. The Morgan fingerprint density at radius 2 is 2.00 bits per heavy atom. The second-order valence-corrected chi connectivity index (χ2v) is 4.55. The van der Waals surface area contributed by atoms with E-state index in [1.54, 1.807) is 4.90 Å². The fourth-order valence-electron chi connectivity index (χ4n) is 1.78. The number of aliphatic hydroxyl groups is 1. The molecule has 4 N–H and O–H groups in total. The number of nitrogens with one attached hydrogen (secondary N) is 1. The number of carbonyl (C=O) groups excluding carboxylic acids is 1. The molecule has 106 valence electrons. The van der Waals surface area contributed by atoms with Gasteiger partial charge in [0.2, 0.25) is 0 Å². The van der Waals surface area contributed by atoms with Crippen LogP contribution in [0, 0.1) is 0 Å². The Morgan fingerprint density at radius 3 is 2.47 bits per heavy atom. The van der Waals surface area contributed by atoms with Gasteiger partial charge in [-0.3, -0.25) is 0 Å². The molecule has 0 saturated heterocycles. The summed E-state index contributed by atoms with van der Waals surface area (Å²) in [5.74, 6) is 0. The molecule has 2 amide bonds. The van der Waals surface area contributed by atoms with Gasteiger partial charge in [-0.15, -0.1) is 0 Å². The van der Waals surface area contributed by atoms with Gasteiger partial charge in [0.05, 0.1) is 6.61 Å². The monoisotopic (exact) mass is 265 g/mol. The molecule has 0 aliphatic carbocycles. The third-order valence-corrected chi connectivity index (χ3v) is 2.84. The van der Waals surface area contributed by atoms with Gasteiger partial charge < -0.3 is 21.1 Å². The number of hydrogen-bond donors (Lipinski definition) is 3. The van der Waals surface area contributed by atoms with Gasteiger partial charge in [0, 0.05) is 24.8 Å². The predicted octanol–water partition coefficient (Wildman–Crippen LogP) is 1.94. The lowest BCUT2D eigenvalue weighted by molar-refractivity contribution is 0.188. The van der Waals surface area contributed by atoms with E-state index < -0.39 is 0 Å². The summed E-state index contributed by atoms with van der Waals surface area (Å²) in [7, 11) is 0. The van der Waals surface area contributed by atoms with E-state index in [2.05, 4.69) is 5.32 Å². The van der Waals surface area contributed by atoms with E-state index in [1.807, 2.05) is 38.1 Å². The van der Waals surface area contributed by atoms with E-state index in [-0.39, 0.29) is 18.7 Å². The molecule has 0 spiro atoms. The molecule has 0 radical (unpaired) electrons. The summed E-state index contributed by atoms with van der Waals surface area (Å²) in [6.07, 6.45) is 0.858. The summed E-state index contributed by atoms with van der Waals surface area (Å²) in [5, 5.41) is 11.8. The third kappa shape index (κ3) is 4.89. The zero-order chi connectivity index (χ0) is 14.3. The van der Waals surface area contributed by atoms with Crippen LogP contribution in [0.25, 0.3) is 0 Å². The Kier molecular flexibility index (Phi) is 6.32. The first-order chi connectivity index (χ1) is 9.08. The minimum absolute atomic E-state index is 0.0178. The summed E-state index contributed by atoms with van der Waals surface area (Å²) in [6.45, 7) is 4.85. The van der Waals surface area contributed by atoms with Gasteiger partial charge in [-0.25, -0.2) is 4.79 Å². The third-order valence-electron chi connectivity index (χ3n) is 2.84. The van der Waals surface area contributed by atoms with Gasteiger partial charge in [-0.2, -0.15) is 0 Å². The summed E-state index contributed by atoms with van der Waals surface area (Å²) in [5.41, 5.74) is 7.53. The molecule has 0 fully saturated rings. The van der Waals surface area contributed by atoms with Crippen molar-refractivity contribution < 1.29 is 9.90 Å². The van der Waals surface area contributed by atoms with Gasteiger partial charge in [-0.1, -0.05) is 19.1 Å². The lowest BCUT2D eigenvalue weighted by atomic mass is 10.1. The van der Waals surface area contributed by atoms with Crippen molar-refractivity contribution in [3.8, 4) is 0 Å². The lowest BCUT2D eigenvalue weighted by Crippen LogP contribution is -2.37. The highest BCUT2D eigenvalue weighted by atomic mass is 16.3. The molecule has 0 heterocycles. The molecule has 19 heavy (non-hydrogen) atoms. The van der Waals surface area contributed by atoms with E-state index >= 15 is 0 Å². The summed E-state index contributed by atoms with van der Waals surface area (Å²) < 4.78 is 0. The summed E-state index contributed by atoms with van der Waals surface area (Å²) in [6, 6.07) is 7.26. The first-order valence-corrected chi connectivity index (χ1v) is 6.60. The molecule has 5 heteroatoms. The van der Waals surface area contributed by atoms with E-state index in [4.69, 9.17) is 10.8 Å². The van der Waals surface area contributed by atoms with Gasteiger partial charge >= 0.3 is 6.03 Å². The van der Waals surface area contributed by atoms with E-state index in [0.29, 0.717) is 13.1 Å². The van der Waals surface area contributed by atoms with Crippen LogP contribution in [0.2, 0.25) is 0 Å². The standard InChI is InChI=1S/C14H23N3O2/c1-3-8-17(9-10-18)14(19)16-13-6-4-12(5-7-13)11(2)15/h4-7,11,18H,3,8-10,15H2,1-2H3,(H,16,19).